The summed E-state index contributed by atoms with van der Waals surface area (Å²) < 4.78 is 0. The largest absolute Gasteiger partial charge is 0.303 e. The lowest BCUT2D eigenvalue weighted by Gasteiger charge is -2.38. The smallest absolute Gasteiger partial charge is 0.0846 e. The number of rotatable bonds is 3. The number of halogens is 1. The molecule has 0 unspecified atom stereocenters. The second-order valence-electron chi connectivity index (χ2n) is 6.65. The highest BCUT2D eigenvalue weighted by Gasteiger charge is 2.36. The van der Waals surface area contributed by atoms with Crippen molar-refractivity contribution < 1.29 is 0 Å². The molecule has 1 aromatic rings. The quantitative estimate of drug-likeness (QED) is 0.828. The van der Waals surface area contributed by atoms with Crippen LogP contribution < -0.4 is 0 Å². The third kappa shape index (κ3) is 3.25. The molecule has 112 valence electrons. The van der Waals surface area contributed by atoms with Crippen LogP contribution in [0.25, 0.3) is 0 Å². The molecule has 1 heterocycles. The molecule has 1 saturated heterocycles. The molecule has 2 aliphatic rings. The summed E-state index contributed by atoms with van der Waals surface area (Å²) in [5.74, 6) is 0.898. The summed E-state index contributed by atoms with van der Waals surface area (Å²) in [6.45, 7) is 3.33. The van der Waals surface area contributed by atoms with E-state index in [9.17, 15) is 5.26 Å². The number of hydrogen-bond acceptors (Lipinski definition) is 2. The number of nitrogens with zero attached hydrogens (tertiary/aromatic N) is 2. The van der Waals surface area contributed by atoms with Crippen molar-refractivity contribution >= 4 is 11.6 Å². The van der Waals surface area contributed by atoms with E-state index in [1.54, 1.807) is 0 Å². The van der Waals surface area contributed by atoms with Gasteiger partial charge in [0.1, 0.15) is 0 Å². The molecule has 21 heavy (non-hydrogen) atoms. The predicted molar refractivity (Wildman–Crippen MR) is 86.4 cm³/mol. The van der Waals surface area contributed by atoms with Crippen LogP contribution in [0, 0.1) is 17.2 Å². The van der Waals surface area contributed by atoms with Crippen molar-refractivity contribution in [3.8, 4) is 6.07 Å². The Morgan fingerprint density at radius 1 is 1.14 bits per heavy atom. The van der Waals surface area contributed by atoms with Gasteiger partial charge in [-0.3, -0.25) is 0 Å². The fourth-order valence-electron chi connectivity index (χ4n) is 3.91. The molecule has 0 aromatic heterocycles. The highest BCUT2D eigenvalue weighted by molar-refractivity contribution is 6.30. The van der Waals surface area contributed by atoms with E-state index in [0.717, 1.165) is 42.4 Å². The molecule has 0 atom stereocenters. The Balaban J connectivity index is 1.64. The van der Waals surface area contributed by atoms with Gasteiger partial charge in [0.2, 0.25) is 0 Å². The first-order valence-corrected chi connectivity index (χ1v) is 8.49. The Morgan fingerprint density at radius 3 is 2.33 bits per heavy atom. The van der Waals surface area contributed by atoms with E-state index in [1.807, 2.05) is 24.3 Å². The van der Waals surface area contributed by atoms with Crippen LogP contribution in [0.3, 0.4) is 0 Å². The molecule has 2 nitrogen and oxygen atoms in total. The summed E-state index contributed by atoms with van der Waals surface area (Å²) in [4.78, 5) is 2.57. The lowest BCUT2D eigenvalue weighted by molar-refractivity contribution is 0.162. The first-order valence-electron chi connectivity index (χ1n) is 8.11. The molecule has 1 aliphatic heterocycles. The molecule has 3 heteroatoms. The highest BCUT2D eigenvalue weighted by Crippen LogP contribution is 2.36. The third-order valence-corrected chi connectivity index (χ3v) is 5.56. The Labute approximate surface area is 132 Å². The van der Waals surface area contributed by atoms with E-state index >= 15 is 0 Å². The van der Waals surface area contributed by atoms with E-state index in [1.165, 1.54) is 32.2 Å². The number of piperidine rings is 1. The van der Waals surface area contributed by atoms with Crippen molar-refractivity contribution in [2.75, 3.05) is 19.6 Å². The molecule has 1 saturated carbocycles. The van der Waals surface area contributed by atoms with E-state index in [0.29, 0.717) is 0 Å². The third-order valence-electron chi connectivity index (χ3n) is 5.31. The van der Waals surface area contributed by atoms with Crippen LogP contribution in [0.5, 0.6) is 0 Å². The van der Waals surface area contributed by atoms with Crippen molar-refractivity contribution in [3.63, 3.8) is 0 Å². The minimum absolute atomic E-state index is 0.309. The van der Waals surface area contributed by atoms with Gasteiger partial charge in [0.25, 0.3) is 0 Å². The number of likely N-dealkylation sites (tertiary alicyclic amines) is 1. The van der Waals surface area contributed by atoms with Gasteiger partial charge in [-0.2, -0.15) is 5.26 Å². The Bertz CT molecular complexity index is 503. The summed E-state index contributed by atoms with van der Waals surface area (Å²) in [7, 11) is 0. The number of nitriles is 1. The molecule has 2 fully saturated rings. The summed E-state index contributed by atoms with van der Waals surface area (Å²) >= 11 is 5.97. The van der Waals surface area contributed by atoms with Gasteiger partial charge < -0.3 is 4.90 Å². The van der Waals surface area contributed by atoms with Crippen molar-refractivity contribution in [2.24, 2.45) is 5.92 Å². The normalized spacial score (nSPS) is 23.0. The maximum absolute atomic E-state index is 9.73. The number of benzene rings is 1. The molecule has 0 radical (unpaired) electrons. The van der Waals surface area contributed by atoms with Crippen LogP contribution >= 0.6 is 11.6 Å². The molecule has 0 amide bonds. The molecule has 0 N–H and O–H groups in total. The topological polar surface area (TPSA) is 27.0 Å². The Hall–Kier alpha value is -1.04. The molecule has 1 aliphatic carbocycles. The van der Waals surface area contributed by atoms with Crippen LogP contribution in [-0.2, 0) is 5.41 Å². The standard InChI is InChI=1S/C18H23ClN2/c19-17-7-5-16(6-8-17)18(14-20)9-11-21(12-10-18)13-15-3-1-2-4-15/h5-8,15H,1-4,9-13H2. The second-order valence-corrected chi connectivity index (χ2v) is 7.09. The molecule has 0 spiro atoms. The van der Waals surface area contributed by atoms with Crippen LogP contribution in [0.15, 0.2) is 24.3 Å². The molecular formula is C18H23ClN2. The van der Waals surface area contributed by atoms with Gasteiger partial charge in [-0.25, -0.2) is 0 Å². The monoisotopic (exact) mass is 302 g/mol. The summed E-state index contributed by atoms with van der Waals surface area (Å²) in [5, 5.41) is 10.5. The van der Waals surface area contributed by atoms with Gasteiger partial charge in [-0.1, -0.05) is 36.6 Å². The van der Waals surface area contributed by atoms with Gasteiger partial charge >= 0.3 is 0 Å². The van der Waals surface area contributed by atoms with E-state index in [4.69, 9.17) is 11.6 Å². The summed E-state index contributed by atoms with van der Waals surface area (Å²) in [6.07, 6.45) is 7.50. The summed E-state index contributed by atoms with van der Waals surface area (Å²) in [5.41, 5.74) is 0.825. The van der Waals surface area contributed by atoms with Crippen molar-refractivity contribution in [2.45, 2.75) is 43.9 Å². The van der Waals surface area contributed by atoms with Crippen LogP contribution in [0.4, 0.5) is 0 Å². The van der Waals surface area contributed by atoms with Crippen LogP contribution in [0.1, 0.15) is 44.1 Å². The molecule has 3 rings (SSSR count). The minimum Gasteiger partial charge on any atom is -0.303 e. The second kappa shape index (κ2) is 6.38. The SMILES string of the molecule is N#CC1(c2ccc(Cl)cc2)CCN(CC2CCCC2)CC1. The molecule has 1 aromatic carbocycles. The molecule has 0 bridgehead atoms. The molecular weight excluding hydrogens is 280 g/mol. The lowest BCUT2D eigenvalue weighted by Crippen LogP contribution is -2.43. The maximum Gasteiger partial charge on any atom is 0.0846 e. The fraction of sp³-hybridized carbons (Fsp3) is 0.611. The van der Waals surface area contributed by atoms with Crippen LogP contribution in [0.2, 0.25) is 5.02 Å². The highest BCUT2D eigenvalue weighted by atomic mass is 35.5. The van der Waals surface area contributed by atoms with Crippen molar-refractivity contribution in [1.29, 1.82) is 5.26 Å². The van der Waals surface area contributed by atoms with Gasteiger partial charge in [0.05, 0.1) is 11.5 Å². The van der Waals surface area contributed by atoms with E-state index < -0.39 is 0 Å². The van der Waals surface area contributed by atoms with Gasteiger partial charge in [0, 0.05) is 11.6 Å². The van der Waals surface area contributed by atoms with Crippen molar-refractivity contribution in [3.05, 3.63) is 34.9 Å². The average Bonchev–Trinajstić information content (AvgIpc) is 3.02. The average molecular weight is 303 g/mol. The van der Waals surface area contributed by atoms with Crippen molar-refractivity contribution in [1.82, 2.24) is 4.90 Å². The fourth-order valence-corrected chi connectivity index (χ4v) is 4.04. The van der Waals surface area contributed by atoms with E-state index in [2.05, 4.69) is 11.0 Å². The maximum atomic E-state index is 9.73. The van der Waals surface area contributed by atoms with Gasteiger partial charge in [-0.05, 0) is 62.4 Å². The zero-order valence-electron chi connectivity index (χ0n) is 12.5. The Kier molecular flexibility index (Phi) is 4.52. The minimum atomic E-state index is -0.309. The number of hydrogen-bond donors (Lipinski definition) is 0. The predicted octanol–water partition coefficient (Wildman–Crippen LogP) is 4.39. The van der Waals surface area contributed by atoms with E-state index in [-0.39, 0.29) is 5.41 Å². The first kappa shape index (κ1) is 14.9. The van der Waals surface area contributed by atoms with Crippen LogP contribution in [-0.4, -0.2) is 24.5 Å². The zero-order valence-corrected chi connectivity index (χ0v) is 13.3. The zero-order chi connectivity index (χ0) is 14.7. The van der Waals surface area contributed by atoms with Gasteiger partial charge in [-0.15, -0.1) is 0 Å². The Morgan fingerprint density at radius 2 is 1.76 bits per heavy atom. The van der Waals surface area contributed by atoms with Gasteiger partial charge in [0.15, 0.2) is 0 Å². The summed E-state index contributed by atoms with van der Waals surface area (Å²) in [6, 6.07) is 10.5. The first-order chi connectivity index (χ1) is 10.2. The lowest BCUT2D eigenvalue weighted by atomic mass is 9.74.